The zero-order chi connectivity index (χ0) is 25.3. The van der Waals surface area contributed by atoms with Crippen molar-refractivity contribution < 1.29 is 18.3 Å². The van der Waals surface area contributed by atoms with Crippen LogP contribution in [0.1, 0.15) is 42.9 Å². The molecule has 3 rings (SSSR count). The molecule has 3 aromatic rings. The average molecular weight is 513 g/mol. The Hall–Kier alpha value is -3.00. The van der Waals surface area contributed by atoms with Crippen LogP contribution < -0.4 is 0 Å². The second-order valence-corrected chi connectivity index (χ2v) is 10.4. The fourth-order valence-electron chi connectivity index (χ4n) is 3.73. The van der Waals surface area contributed by atoms with Crippen LogP contribution in [0.2, 0.25) is 5.02 Å². The Morgan fingerprint density at radius 1 is 1.06 bits per heavy atom. The zero-order valence-corrected chi connectivity index (χ0v) is 21.2. The summed E-state index contributed by atoms with van der Waals surface area (Å²) in [6.07, 6.45) is 7.46. The third kappa shape index (κ3) is 7.49. The number of carbonyl (C=O) groups is 1. The van der Waals surface area contributed by atoms with Crippen LogP contribution in [-0.4, -0.2) is 41.9 Å². The SMILES string of the molecule is CCN(CCc1ccc(/C(=C\CCCC(=O)O)c2cccnc2)cc1)S(=O)(=O)c1ccc(Cl)cc1. The van der Waals surface area contributed by atoms with Gasteiger partial charge >= 0.3 is 5.97 Å². The molecule has 0 saturated carbocycles. The van der Waals surface area contributed by atoms with Gasteiger partial charge in [0, 0.05) is 42.5 Å². The van der Waals surface area contributed by atoms with Gasteiger partial charge in [0.05, 0.1) is 4.90 Å². The van der Waals surface area contributed by atoms with Gasteiger partial charge in [0.15, 0.2) is 0 Å². The molecule has 0 radical (unpaired) electrons. The summed E-state index contributed by atoms with van der Waals surface area (Å²) in [4.78, 5) is 15.3. The first-order valence-electron chi connectivity index (χ1n) is 11.5. The molecule has 1 aromatic heterocycles. The molecular weight excluding hydrogens is 484 g/mol. The Labute approximate surface area is 212 Å². The van der Waals surface area contributed by atoms with Crippen molar-refractivity contribution in [2.45, 2.75) is 37.5 Å². The van der Waals surface area contributed by atoms with Gasteiger partial charge in [-0.3, -0.25) is 9.78 Å². The van der Waals surface area contributed by atoms with Gasteiger partial charge in [0.25, 0.3) is 0 Å². The molecule has 6 nitrogen and oxygen atoms in total. The Morgan fingerprint density at radius 3 is 2.37 bits per heavy atom. The molecule has 0 aliphatic heterocycles. The molecule has 0 amide bonds. The van der Waals surface area contributed by atoms with E-state index in [0.29, 0.717) is 37.4 Å². The summed E-state index contributed by atoms with van der Waals surface area (Å²) < 4.78 is 27.5. The smallest absolute Gasteiger partial charge is 0.303 e. The van der Waals surface area contributed by atoms with Crippen LogP contribution in [0.5, 0.6) is 0 Å². The molecule has 184 valence electrons. The van der Waals surface area contributed by atoms with Gasteiger partial charge in [0.2, 0.25) is 10.0 Å². The topological polar surface area (TPSA) is 87.6 Å². The van der Waals surface area contributed by atoms with Crippen molar-refractivity contribution in [1.29, 1.82) is 0 Å². The second kappa shape index (κ2) is 12.6. The van der Waals surface area contributed by atoms with Crippen LogP contribution in [0.15, 0.2) is 84.0 Å². The summed E-state index contributed by atoms with van der Waals surface area (Å²) in [5.74, 6) is -0.801. The van der Waals surface area contributed by atoms with E-state index in [0.717, 1.165) is 22.3 Å². The number of pyridine rings is 1. The van der Waals surface area contributed by atoms with Crippen LogP contribution in [0, 0.1) is 0 Å². The molecule has 0 fully saturated rings. The van der Waals surface area contributed by atoms with E-state index in [4.69, 9.17) is 16.7 Å². The van der Waals surface area contributed by atoms with E-state index in [2.05, 4.69) is 4.98 Å². The van der Waals surface area contributed by atoms with E-state index < -0.39 is 16.0 Å². The summed E-state index contributed by atoms with van der Waals surface area (Å²) in [5, 5.41) is 9.39. The van der Waals surface area contributed by atoms with E-state index in [9.17, 15) is 13.2 Å². The Morgan fingerprint density at radius 2 is 1.77 bits per heavy atom. The fraction of sp³-hybridized carbons (Fsp3) is 0.259. The third-order valence-corrected chi connectivity index (χ3v) is 7.88. The summed E-state index contributed by atoms with van der Waals surface area (Å²) in [6, 6.07) is 18.1. The average Bonchev–Trinajstić information content (AvgIpc) is 2.85. The summed E-state index contributed by atoms with van der Waals surface area (Å²) in [5.41, 5.74) is 3.98. The number of benzene rings is 2. The third-order valence-electron chi connectivity index (χ3n) is 5.63. The van der Waals surface area contributed by atoms with E-state index in [1.165, 1.54) is 16.4 Å². The first-order valence-corrected chi connectivity index (χ1v) is 13.3. The standard InChI is InChI=1S/C27H29ClN2O4S/c1-2-30(35(33,34)25-15-13-24(28)14-16-25)19-17-21-9-11-22(12-10-21)26(7-3-4-8-27(31)32)23-6-5-18-29-20-23/h5-7,9-16,18,20H,2-4,8,17,19H2,1H3,(H,31,32)/b26-7+. The van der Waals surface area contributed by atoms with Gasteiger partial charge in [0.1, 0.15) is 0 Å². The van der Waals surface area contributed by atoms with Gasteiger partial charge in [-0.1, -0.05) is 54.9 Å². The number of allylic oxidation sites excluding steroid dienone is 1. The lowest BCUT2D eigenvalue weighted by Crippen LogP contribution is -2.32. The minimum absolute atomic E-state index is 0.128. The highest BCUT2D eigenvalue weighted by Crippen LogP contribution is 2.25. The molecule has 0 aliphatic carbocycles. The predicted octanol–water partition coefficient (Wildman–Crippen LogP) is 5.67. The number of hydrogen-bond acceptors (Lipinski definition) is 4. The number of aliphatic carboxylic acids is 1. The lowest BCUT2D eigenvalue weighted by molar-refractivity contribution is -0.137. The molecule has 0 aliphatic rings. The molecule has 2 aromatic carbocycles. The molecule has 1 N–H and O–H groups in total. The van der Waals surface area contributed by atoms with Crippen LogP contribution in [-0.2, 0) is 21.2 Å². The number of rotatable bonds is 12. The Kier molecular flexibility index (Phi) is 9.60. The normalized spacial score (nSPS) is 12.1. The highest BCUT2D eigenvalue weighted by Gasteiger charge is 2.22. The van der Waals surface area contributed by atoms with Crippen molar-refractivity contribution in [1.82, 2.24) is 9.29 Å². The van der Waals surface area contributed by atoms with Gasteiger partial charge in [-0.05, 0) is 66.3 Å². The lowest BCUT2D eigenvalue weighted by atomic mass is 9.96. The van der Waals surface area contributed by atoms with Crippen LogP contribution in [0.3, 0.4) is 0 Å². The summed E-state index contributed by atoms with van der Waals surface area (Å²) in [7, 11) is -3.60. The van der Waals surface area contributed by atoms with Crippen LogP contribution in [0.4, 0.5) is 0 Å². The fourth-order valence-corrected chi connectivity index (χ4v) is 5.31. The van der Waals surface area contributed by atoms with E-state index in [-0.39, 0.29) is 11.3 Å². The van der Waals surface area contributed by atoms with Crippen LogP contribution >= 0.6 is 11.6 Å². The van der Waals surface area contributed by atoms with Gasteiger partial charge in [-0.25, -0.2) is 8.42 Å². The quantitative estimate of drug-likeness (QED) is 0.316. The maximum atomic E-state index is 13.0. The minimum atomic E-state index is -3.60. The minimum Gasteiger partial charge on any atom is -0.481 e. The van der Waals surface area contributed by atoms with Gasteiger partial charge < -0.3 is 5.11 Å². The van der Waals surface area contributed by atoms with Crippen molar-refractivity contribution in [2.75, 3.05) is 13.1 Å². The van der Waals surface area contributed by atoms with E-state index >= 15 is 0 Å². The first-order chi connectivity index (χ1) is 16.8. The number of unbranched alkanes of at least 4 members (excludes halogenated alkanes) is 1. The summed E-state index contributed by atoms with van der Waals surface area (Å²) >= 11 is 5.90. The molecule has 35 heavy (non-hydrogen) atoms. The maximum absolute atomic E-state index is 13.0. The first kappa shape index (κ1) is 26.6. The number of likely N-dealkylation sites (N-methyl/N-ethyl adjacent to an activating group) is 1. The molecule has 0 saturated heterocycles. The van der Waals surface area contributed by atoms with Gasteiger partial charge in [-0.2, -0.15) is 4.31 Å². The molecule has 0 atom stereocenters. The molecule has 0 spiro atoms. The molecular formula is C27H29ClN2O4S. The molecule has 0 bridgehead atoms. The summed E-state index contributed by atoms with van der Waals surface area (Å²) in [6.45, 7) is 2.56. The molecule has 1 heterocycles. The van der Waals surface area contributed by atoms with Crippen molar-refractivity contribution in [3.8, 4) is 0 Å². The Balaban J connectivity index is 1.73. The number of carboxylic acids is 1. The monoisotopic (exact) mass is 512 g/mol. The van der Waals surface area contributed by atoms with Crippen molar-refractivity contribution in [3.05, 3.63) is 101 Å². The highest BCUT2D eigenvalue weighted by atomic mass is 35.5. The number of aromatic nitrogens is 1. The van der Waals surface area contributed by atoms with E-state index in [1.54, 1.807) is 24.5 Å². The second-order valence-electron chi connectivity index (χ2n) is 8.04. The van der Waals surface area contributed by atoms with Crippen molar-refractivity contribution in [2.24, 2.45) is 0 Å². The lowest BCUT2D eigenvalue weighted by Gasteiger charge is -2.20. The van der Waals surface area contributed by atoms with E-state index in [1.807, 2.05) is 49.4 Å². The largest absolute Gasteiger partial charge is 0.481 e. The maximum Gasteiger partial charge on any atom is 0.303 e. The number of nitrogens with zero attached hydrogens (tertiary/aromatic N) is 2. The van der Waals surface area contributed by atoms with Crippen LogP contribution in [0.25, 0.3) is 5.57 Å². The van der Waals surface area contributed by atoms with Crippen molar-refractivity contribution in [3.63, 3.8) is 0 Å². The number of sulfonamides is 1. The molecule has 8 heteroatoms. The number of halogens is 1. The number of carboxylic acid groups (broad SMARTS) is 1. The zero-order valence-electron chi connectivity index (χ0n) is 19.6. The highest BCUT2D eigenvalue weighted by molar-refractivity contribution is 7.89. The molecule has 0 unspecified atom stereocenters. The van der Waals surface area contributed by atoms with Crippen molar-refractivity contribution >= 4 is 33.2 Å². The predicted molar refractivity (Wildman–Crippen MR) is 139 cm³/mol. The number of hydrogen-bond donors (Lipinski definition) is 1. The van der Waals surface area contributed by atoms with Gasteiger partial charge in [-0.15, -0.1) is 0 Å². The Bertz CT molecular complexity index is 1240.